The van der Waals surface area contributed by atoms with Gasteiger partial charge in [0.2, 0.25) is 0 Å². The van der Waals surface area contributed by atoms with Crippen molar-refractivity contribution < 1.29 is 9.18 Å². The highest BCUT2D eigenvalue weighted by Crippen LogP contribution is 2.29. The maximum absolute atomic E-state index is 12.9. The Morgan fingerprint density at radius 3 is 2.59 bits per heavy atom. The van der Waals surface area contributed by atoms with E-state index in [1.807, 2.05) is 18.2 Å². The summed E-state index contributed by atoms with van der Waals surface area (Å²) in [5.74, 6) is -0.558. The fraction of sp³-hybridized carbons (Fsp3) is 0. The van der Waals surface area contributed by atoms with Gasteiger partial charge in [0.1, 0.15) is 5.82 Å². The monoisotopic (exact) mass is 332 g/mol. The van der Waals surface area contributed by atoms with Gasteiger partial charge in [-0.2, -0.15) is 0 Å². The molecule has 6 heteroatoms. The van der Waals surface area contributed by atoms with Gasteiger partial charge in [0, 0.05) is 5.02 Å². The first-order valence-electron chi connectivity index (χ1n) is 6.41. The molecule has 3 nitrogen and oxygen atoms in total. The van der Waals surface area contributed by atoms with Gasteiger partial charge in [-0.15, -0.1) is 0 Å². The van der Waals surface area contributed by atoms with Crippen molar-refractivity contribution in [1.82, 2.24) is 5.32 Å². The van der Waals surface area contributed by atoms with Crippen LogP contribution in [0.2, 0.25) is 5.02 Å². The van der Waals surface area contributed by atoms with Crippen LogP contribution in [-0.4, -0.2) is 11.1 Å². The Balaban J connectivity index is 1.84. The summed E-state index contributed by atoms with van der Waals surface area (Å²) in [6.45, 7) is 0. The number of halogens is 2. The number of carbonyl (C=O) groups is 1. The molecule has 1 N–H and O–H groups in total. The molecule has 0 radical (unpaired) electrons. The van der Waals surface area contributed by atoms with Crippen LogP contribution in [0.3, 0.4) is 0 Å². The summed E-state index contributed by atoms with van der Waals surface area (Å²) in [4.78, 5) is 16.7. The number of hydrogen-bond acceptors (Lipinski definition) is 3. The van der Waals surface area contributed by atoms with Crippen LogP contribution in [0.25, 0.3) is 6.08 Å². The molecule has 0 bridgehead atoms. The largest absolute Gasteiger partial charge is 0.300 e. The predicted molar refractivity (Wildman–Crippen MR) is 88.7 cm³/mol. The van der Waals surface area contributed by atoms with Gasteiger partial charge >= 0.3 is 0 Å². The van der Waals surface area contributed by atoms with Crippen LogP contribution in [0.1, 0.15) is 5.56 Å². The molecule has 1 heterocycles. The zero-order valence-corrected chi connectivity index (χ0v) is 12.8. The summed E-state index contributed by atoms with van der Waals surface area (Å²) in [6, 6.07) is 13.0. The lowest BCUT2D eigenvalue weighted by molar-refractivity contribution is -0.115. The zero-order valence-electron chi connectivity index (χ0n) is 11.2. The van der Waals surface area contributed by atoms with Crippen molar-refractivity contribution in [2.45, 2.75) is 0 Å². The van der Waals surface area contributed by atoms with Crippen LogP contribution in [0, 0.1) is 5.82 Å². The maximum Gasteiger partial charge on any atom is 0.264 e. The molecule has 1 amide bonds. The Morgan fingerprint density at radius 2 is 1.86 bits per heavy atom. The average molecular weight is 333 g/mol. The van der Waals surface area contributed by atoms with Crippen molar-refractivity contribution in [3.8, 4) is 0 Å². The molecule has 22 heavy (non-hydrogen) atoms. The normalized spacial score (nSPS) is 18.0. The number of nitrogens with zero attached hydrogens (tertiary/aromatic N) is 1. The summed E-state index contributed by atoms with van der Waals surface area (Å²) in [5.41, 5.74) is 1.34. The standard InChI is InChI=1S/C16H10ClFN2OS/c17-13-4-2-1-3-10(13)9-14-15(21)20-16(22-14)19-12-7-5-11(18)6-8-12/h1-9H,(H,19,20,21)/b14-9+. The quantitative estimate of drug-likeness (QED) is 0.830. The lowest BCUT2D eigenvalue weighted by Gasteiger charge is -1.97. The SMILES string of the molecule is O=C1NC(=Nc2ccc(F)cc2)S/C1=C/c1ccccc1Cl. The third-order valence-electron chi connectivity index (χ3n) is 2.90. The van der Waals surface area contributed by atoms with Crippen LogP contribution in [0.5, 0.6) is 0 Å². The zero-order chi connectivity index (χ0) is 15.5. The summed E-state index contributed by atoms with van der Waals surface area (Å²) in [7, 11) is 0. The Kier molecular flexibility index (Phi) is 4.27. The van der Waals surface area contributed by atoms with Crippen LogP contribution in [0.15, 0.2) is 58.4 Å². The molecular weight excluding hydrogens is 323 g/mol. The highest BCUT2D eigenvalue weighted by atomic mass is 35.5. The van der Waals surface area contributed by atoms with E-state index in [2.05, 4.69) is 10.3 Å². The van der Waals surface area contributed by atoms with Gasteiger partial charge in [-0.25, -0.2) is 9.38 Å². The molecule has 0 spiro atoms. The average Bonchev–Trinajstić information content (AvgIpc) is 2.84. The highest BCUT2D eigenvalue weighted by Gasteiger charge is 2.24. The number of amidine groups is 1. The second-order valence-corrected chi connectivity index (χ2v) is 5.92. The molecule has 2 aromatic rings. The fourth-order valence-electron chi connectivity index (χ4n) is 1.85. The number of thioether (sulfide) groups is 1. The van der Waals surface area contributed by atoms with Crippen LogP contribution < -0.4 is 5.32 Å². The van der Waals surface area contributed by atoms with E-state index in [1.54, 1.807) is 24.3 Å². The third-order valence-corrected chi connectivity index (χ3v) is 4.15. The van der Waals surface area contributed by atoms with E-state index < -0.39 is 0 Å². The Morgan fingerprint density at radius 1 is 1.14 bits per heavy atom. The molecule has 0 aromatic heterocycles. The number of aliphatic imine (C=N–C) groups is 1. The number of carbonyl (C=O) groups excluding carboxylic acids is 1. The Labute approximate surface area is 135 Å². The smallest absolute Gasteiger partial charge is 0.264 e. The molecule has 0 saturated carbocycles. The van der Waals surface area contributed by atoms with Gasteiger partial charge < -0.3 is 5.32 Å². The van der Waals surface area contributed by atoms with Crippen LogP contribution in [-0.2, 0) is 4.79 Å². The second kappa shape index (κ2) is 6.34. The van der Waals surface area contributed by atoms with Crippen molar-refractivity contribution in [2.24, 2.45) is 4.99 Å². The molecular formula is C16H10ClFN2OS. The van der Waals surface area contributed by atoms with Gasteiger partial charge in [-0.05, 0) is 53.7 Å². The molecule has 110 valence electrons. The Hall–Kier alpha value is -2.11. The summed E-state index contributed by atoms with van der Waals surface area (Å²) < 4.78 is 12.9. The number of amides is 1. The van der Waals surface area contributed by atoms with E-state index in [4.69, 9.17) is 11.6 Å². The van der Waals surface area contributed by atoms with Crippen LogP contribution >= 0.6 is 23.4 Å². The van der Waals surface area contributed by atoms with Crippen molar-refractivity contribution in [1.29, 1.82) is 0 Å². The van der Waals surface area contributed by atoms with E-state index in [9.17, 15) is 9.18 Å². The Bertz CT molecular complexity index is 787. The van der Waals surface area contributed by atoms with Gasteiger partial charge in [-0.3, -0.25) is 4.79 Å². The minimum absolute atomic E-state index is 0.231. The maximum atomic E-state index is 12.9. The molecule has 0 aliphatic carbocycles. The number of hydrogen-bond donors (Lipinski definition) is 1. The van der Waals surface area contributed by atoms with E-state index in [1.165, 1.54) is 23.9 Å². The van der Waals surface area contributed by atoms with Gasteiger partial charge in [-0.1, -0.05) is 29.8 Å². The number of benzene rings is 2. The molecule has 1 fully saturated rings. The highest BCUT2D eigenvalue weighted by molar-refractivity contribution is 8.18. The van der Waals surface area contributed by atoms with E-state index in [0.29, 0.717) is 20.8 Å². The van der Waals surface area contributed by atoms with E-state index in [0.717, 1.165) is 5.56 Å². The first-order chi connectivity index (χ1) is 10.6. The molecule has 0 unspecified atom stereocenters. The first kappa shape index (κ1) is 14.8. The molecule has 3 rings (SSSR count). The minimum Gasteiger partial charge on any atom is -0.300 e. The third kappa shape index (κ3) is 3.37. The summed E-state index contributed by atoms with van der Waals surface area (Å²) in [6.07, 6.45) is 1.72. The molecule has 1 saturated heterocycles. The molecule has 1 aliphatic heterocycles. The summed E-state index contributed by atoms with van der Waals surface area (Å²) in [5, 5.41) is 3.71. The van der Waals surface area contributed by atoms with Gasteiger partial charge in [0.25, 0.3) is 5.91 Å². The minimum atomic E-state index is -0.327. The van der Waals surface area contributed by atoms with Crippen LogP contribution in [0.4, 0.5) is 10.1 Å². The van der Waals surface area contributed by atoms with E-state index >= 15 is 0 Å². The number of rotatable bonds is 2. The molecule has 1 aliphatic rings. The first-order valence-corrected chi connectivity index (χ1v) is 7.61. The lowest BCUT2D eigenvalue weighted by Crippen LogP contribution is -2.19. The second-order valence-electron chi connectivity index (χ2n) is 4.48. The van der Waals surface area contributed by atoms with E-state index in [-0.39, 0.29) is 11.7 Å². The van der Waals surface area contributed by atoms with Gasteiger partial charge in [0.05, 0.1) is 10.6 Å². The fourth-order valence-corrected chi connectivity index (χ4v) is 2.87. The van der Waals surface area contributed by atoms with Gasteiger partial charge in [0.15, 0.2) is 5.17 Å². The van der Waals surface area contributed by atoms with Crippen molar-refractivity contribution in [2.75, 3.05) is 0 Å². The molecule has 2 aromatic carbocycles. The summed E-state index contributed by atoms with van der Waals surface area (Å²) >= 11 is 7.30. The molecule has 0 atom stereocenters. The topological polar surface area (TPSA) is 41.5 Å². The predicted octanol–water partition coefficient (Wildman–Crippen LogP) is 4.37. The van der Waals surface area contributed by atoms with Crippen molar-refractivity contribution in [3.63, 3.8) is 0 Å². The van der Waals surface area contributed by atoms with Crippen molar-refractivity contribution >= 4 is 46.2 Å². The number of nitrogens with one attached hydrogen (secondary N) is 1. The lowest BCUT2D eigenvalue weighted by atomic mass is 10.2. The van der Waals surface area contributed by atoms with Crippen molar-refractivity contribution in [3.05, 3.63) is 69.8 Å².